The summed E-state index contributed by atoms with van der Waals surface area (Å²) in [6.45, 7) is 3.88. The maximum absolute atomic E-state index is 12.2. The molecule has 108 valence electrons. The molecule has 2 rings (SSSR count). The number of rotatable bonds is 5. The molecule has 0 amide bonds. The van der Waals surface area contributed by atoms with Crippen LogP contribution in [0.15, 0.2) is 27.9 Å². The van der Waals surface area contributed by atoms with Crippen molar-refractivity contribution in [2.45, 2.75) is 25.2 Å². The number of hydrogen-bond acceptors (Lipinski definition) is 6. The molecule has 0 unspecified atom stereocenters. The molecule has 3 N–H and O–H groups in total. The van der Waals surface area contributed by atoms with Crippen molar-refractivity contribution in [2.24, 2.45) is 0 Å². The molecule has 0 spiro atoms. The van der Waals surface area contributed by atoms with Crippen molar-refractivity contribution in [3.63, 3.8) is 0 Å². The second-order valence-corrected chi connectivity index (χ2v) is 6.19. The Bertz CT molecular complexity index is 696. The average molecular weight is 296 g/mol. The molecule has 0 fully saturated rings. The highest BCUT2D eigenvalue weighted by Gasteiger charge is 2.18. The Labute approximate surface area is 117 Å². The molecule has 1 aromatic carbocycles. The Balaban J connectivity index is 2.12. The number of nitrogens with one attached hydrogen (secondary N) is 1. The van der Waals surface area contributed by atoms with Gasteiger partial charge in [-0.05, 0) is 37.1 Å². The molecule has 0 bridgehead atoms. The van der Waals surface area contributed by atoms with Crippen molar-refractivity contribution in [2.75, 3.05) is 12.3 Å². The van der Waals surface area contributed by atoms with Crippen LogP contribution in [0, 0.1) is 13.8 Å². The minimum Gasteiger partial charge on any atom is -0.398 e. The number of nitrogens with two attached hydrogens (primary N) is 1. The zero-order valence-electron chi connectivity index (χ0n) is 11.3. The molecule has 7 nitrogen and oxygen atoms in total. The molecule has 0 atom stereocenters. The van der Waals surface area contributed by atoms with Crippen molar-refractivity contribution in [3.05, 3.63) is 35.5 Å². The molecule has 1 heterocycles. The van der Waals surface area contributed by atoms with E-state index in [1.807, 2.05) is 13.8 Å². The van der Waals surface area contributed by atoms with Crippen molar-refractivity contribution in [1.29, 1.82) is 0 Å². The minimum absolute atomic E-state index is 0.0890. The summed E-state index contributed by atoms with van der Waals surface area (Å²) in [6, 6.07) is 3.22. The zero-order chi connectivity index (χ0) is 14.8. The van der Waals surface area contributed by atoms with Crippen LogP contribution in [0.25, 0.3) is 0 Å². The fraction of sp³-hybridized carbons (Fsp3) is 0.333. The minimum atomic E-state index is -3.65. The smallest absolute Gasteiger partial charge is 0.242 e. The molecule has 1 aromatic heterocycles. The van der Waals surface area contributed by atoms with E-state index >= 15 is 0 Å². The molecule has 0 radical (unpaired) electrons. The van der Waals surface area contributed by atoms with E-state index in [-0.39, 0.29) is 17.1 Å². The van der Waals surface area contributed by atoms with E-state index in [1.54, 1.807) is 12.1 Å². The van der Waals surface area contributed by atoms with Crippen LogP contribution in [-0.4, -0.2) is 25.1 Å². The van der Waals surface area contributed by atoms with Gasteiger partial charge in [0, 0.05) is 13.0 Å². The van der Waals surface area contributed by atoms with Crippen molar-refractivity contribution in [3.8, 4) is 0 Å². The first-order valence-electron chi connectivity index (χ1n) is 6.02. The van der Waals surface area contributed by atoms with Crippen LogP contribution < -0.4 is 10.5 Å². The van der Waals surface area contributed by atoms with Crippen molar-refractivity contribution >= 4 is 15.7 Å². The Morgan fingerprint density at radius 3 is 2.65 bits per heavy atom. The molecule has 20 heavy (non-hydrogen) atoms. The van der Waals surface area contributed by atoms with Gasteiger partial charge < -0.3 is 10.3 Å². The SMILES string of the molecule is Cc1cc(N)c(S(=O)(=O)NCCc2ncno2)cc1C. The molecule has 0 aliphatic rings. The van der Waals surface area contributed by atoms with Crippen LogP contribution >= 0.6 is 0 Å². The summed E-state index contributed by atoms with van der Waals surface area (Å²) in [5.41, 5.74) is 7.84. The maximum atomic E-state index is 12.2. The highest BCUT2D eigenvalue weighted by molar-refractivity contribution is 7.89. The van der Waals surface area contributed by atoms with Crippen LogP contribution in [0.3, 0.4) is 0 Å². The van der Waals surface area contributed by atoms with Crippen LogP contribution in [0.4, 0.5) is 5.69 Å². The van der Waals surface area contributed by atoms with Gasteiger partial charge in [0.25, 0.3) is 0 Å². The monoisotopic (exact) mass is 296 g/mol. The van der Waals surface area contributed by atoms with E-state index in [0.29, 0.717) is 12.3 Å². The second kappa shape index (κ2) is 5.59. The number of benzene rings is 1. The summed E-state index contributed by atoms with van der Waals surface area (Å²) in [5.74, 6) is 0.376. The number of nitrogens with zero attached hydrogens (tertiary/aromatic N) is 2. The summed E-state index contributed by atoms with van der Waals surface area (Å²) in [5, 5.41) is 3.45. The Hall–Kier alpha value is -1.93. The Kier molecular flexibility index (Phi) is 4.05. The van der Waals surface area contributed by atoms with Crippen molar-refractivity contribution < 1.29 is 12.9 Å². The van der Waals surface area contributed by atoms with Crippen LogP contribution in [0.2, 0.25) is 0 Å². The molecular formula is C12H16N4O3S. The number of sulfonamides is 1. The molecule has 0 aliphatic carbocycles. The van der Waals surface area contributed by atoms with E-state index in [0.717, 1.165) is 11.1 Å². The average Bonchev–Trinajstić information content (AvgIpc) is 2.86. The molecular weight excluding hydrogens is 280 g/mol. The fourth-order valence-electron chi connectivity index (χ4n) is 1.72. The predicted octanol–water partition coefficient (Wildman–Crippen LogP) is 0.790. The predicted molar refractivity (Wildman–Crippen MR) is 73.5 cm³/mol. The van der Waals surface area contributed by atoms with Gasteiger partial charge in [0.1, 0.15) is 4.90 Å². The standard InChI is InChI=1S/C12H16N4O3S/c1-8-5-10(13)11(6-9(8)2)20(17,18)16-4-3-12-14-7-15-19-12/h5-7,16H,3-4,13H2,1-2H3. The number of aromatic nitrogens is 2. The van der Waals surface area contributed by atoms with Gasteiger partial charge in [-0.1, -0.05) is 5.16 Å². The van der Waals surface area contributed by atoms with Gasteiger partial charge in [0.2, 0.25) is 15.9 Å². The third kappa shape index (κ3) is 3.14. The van der Waals surface area contributed by atoms with Gasteiger partial charge in [0.15, 0.2) is 6.33 Å². The summed E-state index contributed by atoms with van der Waals surface area (Å²) in [7, 11) is -3.65. The highest BCUT2D eigenvalue weighted by Crippen LogP contribution is 2.22. The van der Waals surface area contributed by atoms with Crippen LogP contribution in [0.1, 0.15) is 17.0 Å². The number of hydrogen-bond donors (Lipinski definition) is 2. The Morgan fingerprint density at radius 1 is 1.30 bits per heavy atom. The molecule has 2 aromatic rings. The summed E-state index contributed by atoms with van der Waals surface area (Å²) in [4.78, 5) is 3.90. The van der Waals surface area contributed by atoms with E-state index in [2.05, 4.69) is 14.9 Å². The van der Waals surface area contributed by atoms with Gasteiger partial charge in [-0.15, -0.1) is 0 Å². The number of anilines is 1. The molecule has 0 saturated heterocycles. The first-order chi connectivity index (χ1) is 9.40. The topological polar surface area (TPSA) is 111 Å². The van der Waals surface area contributed by atoms with E-state index in [4.69, 9.17) is 10.3 Å². The number of aryl methyl sites for hydroxylation is 2. The molecule has 8 heteroatoms. The summed E-state index contributed by atoms with van der Waals surface area (Å²) >= 11 is 0. The van der Waals surface area contributed by atoms with Gasteiger partial charge in [-0.3, -0.25) is 0 Å². The van der Waals surface area contributed by atoms with Crippen LogP contribution in [0.5, 0.6) is 0 Å². The van der Waals surface area contributed by atoms with Crippen LogP contribution in [-0.2, 0) is 16.4 Å². The second-order valence-electron chi connectivity index (χ2n) is 4.46. The molecule has 0 aliphatic heterocycles. The first kappa shape index (κ1) is 14.5. The lowest BCUT2D eigenvalue weighted by Crippen LogP contribution is -2.27. The largest absolute Gasteiger partial charge is 0.398 e. The quantitative estimate of drug-likeness (QED) is 0.789. The first-order valence-corrected chi connectivity index (χ1v) is 7.50. The summed E-state index contributed by atoms with van der Waals surface area (Å²) in [6.07, 6.45) is 1.59. The van der Waals surface area contributed by atoms with E-state index < -0.39 is 10.0 Å². The lowest BCUT2D eigenvalue weighted by atomic mass is 10.1. The highest BCUT2D eigenvalue weighted by atomic mass is 32.2. The van der Waals surface area contributed by atoms with E-state index in [1.165, 1.54) is 6.33 Å². The lowest BCUT2D eigenvalue weighted by Gasteiger charge is -2.11. The van der Waals surface area contributed by atoms with E-state index in [9.17, 15) is 8.42 Å². The third-order valence-electron chi connectivity index (χ3n) is 2.95. The van der Waals surface area contributed by atoms with Gasteiger partial charge >= 0.3 is 0 Å². The maximum Gasteiger partial charge on any atom is 0.242 e. The Morgan fingerprint density at radius 2 is 2.00 bits per heavy atom. The third-order valence-corrected chi connectivity index (χ3v) is 4.47. The van der Waals surface area contributed by atoms with Gasteiger partial charge in [-0.2, -0.15) is 4.98 Å². The van der Waals surface area contributed by atoms with Crippen molar-refractivity contribution in [1.82, 2.24) is 14.9 Å². The normalized spacial score (nSPS) is 11.7. The van der Waals surface area contributed by atoms with Gasteiger partial charge in [0.05, 0.1) is 5.69 Å². The van der Waals surface area contributed by atoms with Gasteiger partial charge in [-0.25, -0.2) is 13.1 Å². The fourth-order valence-corrected chi connectivity index (χ4v) is 2.95. The zero-order valence-corrected chi connectivity index (χ0v) is 12.1. The summed E-state index contributed by atoms with van der Waals surface area (Å²) < 4.78 is 31.6. The number of nitrogen functional groups attached to an aromatic ring is 1. The molecule has 0 saturated carbocycles. The lowest BCUT2D eigenvalue weighted by molar-refractivity contribution is 0.377.